The molecule has 0 unspecified atom stereocenters. The topological polar surface area (TPSA) is 61.4 Å². The lowest BCUT2D eigenvalue weighted by atomic mass is 9.96. The number of piperidine rings is 1. The van der Waals surface area contributed by atoms with Crippen molar-refractivity contribution in [3.63, 3.8) is 0 Å². The lowest BCUT2D eigenvalue weighted by Crippen LogP contribution is -2.44. The number of carbonyl (C=O) groups excluding carboxylic acids is 2. The highest BCUT2D eigenvalue weighted by molar-refractivity contribution is 7.14. The number of benzene rings is 1. The standard InChI is InChI=1S/C18H19F2N3O2S/c19-14-4-3-13(15(20)10-14)11-21-17(24)12-5-7-23(8-6-12)18(25)22-16-2-1-9-26-16/h1-4,9-10,12H,5-8,11H2,(H,21,24)(H,22,25). The molecule has 1 aromatic carbocycles. The normalized spacial score (nSPS) is 14.9. The summed E-state index contributed by atoms with van der Waals surface area (Å²) in [4.78, 5) is 26.1. The van der Waals surface area contributed by atoms with Crippen LogP contribution >= 0.6 is 11.3 Å². The van der Waals surface area contributed by atoms with Crippen molar-refractivity contribution in [2.75, 3.05) is 18.4 Å². The largest absolute Gasteiger partial charge is 0.352 e. The number of hydrogen-bond donors (Lipinski definition) is 2. The molecule has 5 nitrogen and oxygen atoms in total. The summed E-state index contributed by atoms with van der Waals surface area (Å²) in [5.74, 6) is -1.72. The molecule has 1 saturated heterocycles. The molecule has 1 aliphatic heterocycles. The number of urea groups is 1. The molecule has 0 radical (unpaired) electrons. The highest BCUT2D eigenvalue weighted by Crippen LogP contribution is 2.20. The Labute approximate surface area is 154 Å². The number of likely N-dealkylation sites (tertiary alicyclic amines) is 1. The first kappa shape index (κ1) is 18.3. The Hall–Kier alpha value is -2.48. The molecule has 26 heavy (non-hydrogen) atoms. The highest BCUT2D eigenvalue weighted by atomic mass is 32.1. The minimum absolute atomic E-state index is 0.0179. The molecule has 8 heteroatoms. The van der Waals surface area contributed by atoms with Crippen LogP contribution in [-0.2, 0) is 11.3 Å². The summed E-state index contributed by atoms with van der Waals surface area (Å²) in [7, 11) is 0. The summed E-state index contributed by atoms with van der Waals surface area (Å²) in [6.45, 7) is 0.991. The van der Waals surface area contributed by atoms with Gasteiger partial charge in [-0.2, -0.15) is 0 Å². The zero-order chi connectivity index (χ0) is 18.5. The summed E-state index contributed by atoms with van der Waals surface area (Å²) in [5, 5.41) is 8.19. The van der Waals surface area contributed by atoms with Gasteiger partial charge in [-0.25, -0.2) is 13.6 Å². The third-order valence-electron chi connectivity index (χ3n) is 4.37. The van der Waals surface area contributed by atoms with Gasteiger partial charge in [0, 0.05) is 37.2 Å². The van der Waals surface area contributed by atoms with Crippen LogP contribution in [-0.4, -0.2) is 29.9 Å². The molecule has 0 spiro atoms. The third kappa shape index (κ3) is 4.57. The maximum atomic E-state index is 13.6. The fourth-order valence-corrected chi connectivity index (χ4v) is 3.48. The van der Waals surface area contributed by atoms with Gasteiger partial charge in [-0.15, -0.1) is 11.3 Å². The van der Waals surface area contributed by atoms with Crippen LogP contribution in [0.15, 0.2) is 35.7 Å². The van der Waals surface area contributed by atoms with E-state index in [4.69, 9.17) is 0 Å². The summed E-state index contributed by atoms with van der Waals surface area (Å²) in [6.07, 6.45) is 1.10. The molecule has 2 heterocycles. The van der Waals surface area contributed by atoms with Crippen LogP contribution in [0.5, 0.6) is 0 Å². The summed E-state index contributed by atoms with van der Waals surface area (Å²) >= 11 is 1.45. The molecule has 2 aromatic rings. The first-order chi connectivity index (χ1) is 12.5. The van der Waals surface area contributed by atoms with Crippen LogP contribution < -0.4 is 10.6 Å². The maximum absolute atomic E-state index is 13.6. The summed E-state index contributed by atoms with van der Waals surface area (Å²) < 4.78 is 26.5. The molecule has 3 rings (SSSR count). The molecule has 1 aliphatic rings. The lowest BCUT2D eigenvalue weighted by molar-refractivity contribution is -0.126. The lowest BCUT2D eigenvalue weighted by Gasteiger charge is -2.31. The fourth-order valence-electron chi connectivity index (χ4n) is 2.87. The van der Waals surface area contributed by atoms with E-state index in [1.165, 1.54) is 17.4 Å². The molecule has 1 fully saturated rings. The zero-order valence-corrected chi connectivity index (χ0v) is 14.8. The Balaban J connectivity index is 1.45. The number of thiophene rings is 1. The minimum atomic E-state index is -0.676. The van der Waals surface area contributed by atoms with Gasteiger partial charge in [0.25, 0.3) is 0 Å². The van der Waals surface area contributed by atoms with E-state index in [1.54, 1.807) is 4.90 Å². The van der Waals surface area contributed by atoms with Gasteiger partial charge in [-0.05, 0) is 36.4 Å². The van der Waals surface area contributed by atoms with Crippen molar-refractivity contribution in [2.24, 2.45) is 5.92 Å². The van der Waals surface area contributed by atoms with Gasteiger partial charge in [-0.3, -0.25) is 10.1 Å². The minimum Gasteiger partial charge on any atom is -0.352 e. The van der Waals surface area contributed by atoms with Gasteiger partial charge in [0.15, 0.2) is 0 Å². The third-order valence-corrected chi connectivity index (χ3v) is 5.16. The van der Waals surface area contributed by atoms with Gasteiger partial charge in [-0.1, -0.05) is 6.07 Å². The number of amides is 3. The molecule has 138 valence electrons. The smallest absolute Gasteiger partial charge is 0.322 e. The van der Waals surface area contributed by atoms with Crippen LogP contribution in [0.4, 0.5) is 18.6 Å². The number of anilines is 1. The number of carbonyl (C=O) groups is 2. The molecule has 3 amide bonds. The predicted molar refractivity (Wildman–Crippen MR) is 95.8 cm³/mol. The van der Waals surface area contributed by atoms with Crippen molar-refractivity contribution in [1.82, 2.24) is 10.2 Å². The average molecular weight is 379 g/mol. The molecule has 0 saturated carbocycles. The van der Waals surface area contributed by atoms with E-state index in [9.17, 15) is 18.4 Å². The Morgan fingerprint density at radius 1 is 1.19 bits per heavy atom. The molecule has 0 atom stereocenters. The van der Waals surface area contributed by atoms with Crippen molar-refractivity contribution < 1.29 is 18.4 Å². The maximum Gasteiger partial charge on any atom is 0.322 e. The molecule has 2 N–H and O–H groups in total. The van der Waals surface area contributed by atoms with E-state index >= 15 is 0 Å². The highest BCUT2D eigenvalue weighted by Gasteiger charge is 2.27. The quantitative estimate of drug-likeness (QED) is 0.853. The average Bonchev–Trinajstić information content (AvgIpc) is 3.14. The molecular weight excluding hydrogens is 360 g/mol. The van der Waals surface area contributed by atoms with Crippen molar-refractivity contribution in [2.45, 2.75) is 19.4 Å². The van der Waals surface area contributed by atoms with E-state index in [1.807, 2.05) is 17.5 Å². The molecular formula is C18H19F2N3O2S. The summed E-state index contributed by atoms with van der Waals surface area (Å²) in [6, 6.07) is 6.81. The van der Waals surface area contributed by atoms with E-state index in [0.29, 0.717) is 25.9 Å². The number of nitrogens with one attached hydrogen (secondary N) is 2. The Bertz CT molecular complexity index is 775. The van der Waals surface area contributed by atoms with E-state index in [-0.39, 0.29) is 30.0 Å². The number of hydrogen-bond acceptors (Lipinski definition) is 3. The van der Waals surface area contributed by atoms with Crippen molar-refractivity contribution in [3.8, 4) is 0 Å². The fraction of sp³-hybridized carbons (Fsp3) is 0.333. The monoisotopic (exact) mass is 379 g/mol. The molecule has 0 bridgehead atoms. The summed E-state index contributed by atoms with van der Waals surface area (Å²) in [5.41, 5.74) is 0.243. The van der Waals surface area contributed by atoms with Crippen LogP contribution in [0, 0.1) is 17.6 Å². The Morgan fingerprint density at radius 3 is 2.62 bits per heavy atom. The van der Waals surface area contributed by atoms with Gasteiger partial charge < -0.3 is 10.2 Å². The van der Waals surface area contributed by atoms with Gasteiger partial charge in [0.2, 0.25) is 5.91 Å². The van der Waals surface area contributed by atoms with Gasteiger partial charge >= 0.3 is 6.03 Å². The van der Waals surface area contributed by atoms with E-state index in [0.717, 1.165) is 17.1 Å². The first-order valence-electron chi connectivity index (χ1n) is 8.34. The second kappa shape index (κ2) is 8.27. The predicted octanol–water partition coefficient (Wildman–Crippen LogP) is 3.59. The van der Waals surface area contributed by atoms with Crippen molar-refractivity contribution >= 4 is 28.3 Å². The van der Waals surface area contributed by atoms with Crippen LogP contribution in [0.1, 0.15) is 18.4 Å². The zero-order valence-electron chi connectivity index (χ0n) is 14.0. The Kier molecular flexibility index (Phi) is 5.82. The molecule has 1 aromatic heterocycles. The first-order valence-corrected chi connectivity index (χ1v) is 9.22. The SMILES string of the molecule is O=C(NCc1ccc(F)cc1F)C1CCN(C(=O)Nc2cccs2)CC1. The van der Waals surface area contributed by atoms with Crippen LogP contribution in [0.2, 0.25) is 0 Å². The Morgan fingerprint density at radius 2 is 1.96 bits per heavy atom. The van der Waals surface area contributed by atoms with Crippen LogP contribution in [0.3, 0.4) is 0 Å². The second-order valence-electron chi connectivity index (χ2n) is 6.12. The van der Waals surface area contributed by atoms with Gasteiger partial charge in [0.05, 0.1) is 5.00 Å². The van der Waals surface area contributed by atoms with Gasteiger partial charge in [0.1, 0.15) is 11.6 Å². The molecule has 0 aliphatic carbocycles. The number of halogens is 2. The van der Waals surface area contributed by atoms with E-state index < -0.39 is 11.6 Å². The number of nitrogens with zero attached hydrogens (tertiary/aromatic N) is 1. The second-order valence-corrected chi connectivity index (χ2v) is 7.07. The van der Waals surface area contributed by atoms with Crippen LogP contribution in [0.25, 0.3) is 0 Å². The van der Waals surface area contributed by atoms with Crippen molar-refractivity contribution in [1.29, 1.82) is 0 Å². The van der Waals surface area contributed by atoms with E-state index in [2.05, 4.69) is 10.6 Å². The number of rotatable bonds is 4. The van der Waals surface area contributed by atoms with Crippen molar-refractivity contribution in [3.05, 3.63) is 52.9 Å².